The number of nitrogens with zero attached hydrogens (tertiary/aromatic N) is 1. The van der Waals surface area contributed by atoms with Gasteiger partial charge in [-0.25, -0.2) is 4.79 Å². The van der Waals surface area contributed by atoms with Gasteiger partial charge in [0, 0.05) is 5.54 Å². The maximum absolute atomic E-state index is 12.0. The molecule has 1 rings (SSSR count). The van der Waals surface area contributed by atoms with Crippen molar-refractivity contribution in [3.63, 3.8) is 0 Å². The number of hydrogen-bond acceptors (Lipinski definition) is 2. The second-order valence-corrected chi connectivity index (χ2v) is 6.91. The molecular weight excluding hydrogens is 276 g/mol. The van der Waals surface area contributed by atoms with E-state index in [9.17, 15) is 9.59 Å². The van der Waals surface area contributed by atoms with Crippen LogP contribution in [0.3, 0.4) is 0 Å². The highest BCUT2D eigenvalue weighted by Crippen LogP contribution is 2.30. The van der Waals surface area contributed by atoms with Gasteiger partial charge in [0.15, 0.2) is 0 Å². The van der Waals surface area contributed by atoms with E-state index >= 15 is 0 Å². The number of nitrogens with one attached hydrogen (secondary N) is 1. The lowest BCUT2D eigenvalue weighted by atomic mass is 9.86. The molecule has 1 saturated heterocycles. The molecule has 4 heteroatoms. The van der Waals surface area contributed by atoms with Gasteiger partial charge in [-0.05, 0) is 19.8 Å². The molecule has 1 atom stereocenters. The summed E-state index contributed by atoms with van der Waals surface area (Å²) in [6, 6.07) is -0.198. The molecule has 4 nitrogen and oxygen atoms in total. The molecule has 3 amide bonds. The highest BCUT2D eigenvalue weighted by molar-refractivity contribution is 6.02. The molecule has 0 aromatic heterocycles. The van der Waals surface area contributed by atoms with Crippen molar-refractivity contribution >= 4 is 11.9 Å². The van der Waals surface area contributed by atoms with Gasteiger partial charge in [-0.15, -0.1) is 0 Å². The Hall–Kier alpha value is -1.06. The van der Waals surface area contributed by atoms with E-state index in [0.717, 1.165) is 25.7 Å². The maximum atomic E-state index is 12.0. The third-order valence-electron chi connectivity index (χ3n) is 4.83. The number of imide groups is 1. The SMILES string of the molecule is CCCCCCCC(C)(CCCCCC)N1CC(=O)NC1=O. The molecule has 0 radical (unpaired) electrons. The van der Waals surface area contributed by atoms with Crippen molar-refractivity contribution in [2.75, 3.05) is 6.54 Å². The summed E-state index contributed by atoms with van der Waals surface area (Å²) in [4.78, 5) is 25.4. The Morgan fingerprint density at radius 3 is 1.86 bits per heavy atom. The van der Waals surface area contributed by atoms with Crippen LogP contribution in [-0.4, -0.2) is 28.9 Å². The van der Waals surface area contributed by atoms with Crippen LogP contribution in [0.25, 0.3) is 0 Å². The molecule has 1 heterocycles. The van der Waals surface area contributed by atoms with E-state index in [1.807, 2.05) is 0 Å². The number of urea groups is 1. The Bertz CT molecular complexity index is 357. The minimum atomic E-state index is -0.198. The maximum Gasteiger partial charge on any atom is 0.325 e. The minimum absolute atomic E-state index is 0.157. The zero-order chi connectivity index (χ0) is 16.4. The molecule has 0 spiro atoms. The molecule has 1 unspecified atom stereocenters. The van der Waals surface area contributed by atoms with Crippen LogP contribution in [-0.2, 0) is 4.79 Å². The van der Waals surface area contributed by atoms with Gasteiger partial charge in [0.1, 0.15) is 6.54 Å². The average molecular weight is 310 g/mol. The summed E-state index contributed by atoms with van der Waals surface area (Å²) in [6.07, 6.45) is 13.0. The van der Waals surface area contributed by atoms with Gasteiger partial charge in [0.25, 0.3) is 0 Å². The summed E-state index contributed by atoms with van der Waals surface area (Å²) in [5, 5.41) is 2.43. The number of amides is 3. The molecule has 22 heavy (non-hydrogen) atoms. The number of carbonyl (C=O) groups is 2. The molecule has 128 valence electrons. The van der Waals surface area contributed by atoms with Crippen LogP contribution in [0.1, 0.15) is 91.4 Å². The first kappa shape index (κ1) is 19.0. The topological polar surface area (TPSA) is 49.4 Å². The van der Waals surface area contributed by atoms with Crippen LogP contribution in [0.2, 0.25) is 0 Å². The standard InChI is InChI=1S/C18H34N2O2/c1-4-6-8-10-12-14-18(3,13-11-9-7-5-2)20-15-16(21)19-17(20)22/h4-15H2,1-3H3,(H,19,21,22). The zero-order valence-corrected chi connectivity index (χ0v) is 14.7. The predicted molar refractivity (Wildman–Crippen MR) is 90.8 cm³/mol. The Morgan fingerprint density at radius 2 is 1.41 bits per heavy atom. The zero-order valence-electron chi connectivity index (χ0n) is 14.7. The second-order valence-electron chi connectivity index (χ2n) is 6.91. The first-order chi connectivity index (χ1) is 10.5. The van der Waals surface area contributed by atoms with Crippen LogP contribution < -0.4 is 5.32 Å². The number of hydrogen-bond donors (Lipinski definition) is 1. The lowest BCUT2D eigenvalue weighted by Gasteiger charge is -2.38. The lowest BCUT2D eigenvalue weighted by Crippen LogP contribution is -2.48. The Kier molecular flexibility index (Phi) is 8.51. The van der Waals surface area contributed by atoms with Crippen molar-refractivity contribution in [1.82, 2.24) is 10.2 Å². The van der Waals surface area contributed by atoms with E-state index < -0.39 is 0 Å². The first-order valence-corrected chi connectivity index (χ1v) is 9.15. The molecule has 0 aromatic carbocycles. The summed E-state index contributed by atoms with van der Waals surface area (Å²) in [5.74, 6) is -0.157. The van der Waals surface area contributed by atoms with Crippen LogP contribution >= 0.6 is 0 Å². The van der Waals surface area contributed by atoms with Gasteiger partial charge in [-0.1, -0.05) is 71.6 Å². The normalized spacial score (nSPS) is 17.7. The van der Waals surface area contributed by atoms with E-state index in [1.165, 1.54) is 44.9 Å². The Labute approximate surface area is 136 Å². The van der Waals surface area contributed by atoms with E-state index in [1.54, 1.807) is 4.90 Å². The smallest absolute Gasteiger partial charge is 0.310 e. The van der Waals surface area contributed by atoms with Crippen molar-refractivity contribution in [2.45, 2.75) is 96.9 Å². The van der Waals surface area contributed by atoms with Crippen molar-refractivity contribution in [2.24, 2.45) is 0 Å². The summed E-state index contributed by atoms with van der Waals surface area (Å²) >= 11 is 0. The summed E-state index contributed by atoms with van der Waals surface area (Å²) in [5.41, 5.74) is -0.170. The molecule has 1 aliphatic rings. The largest absolute Gasteiger partial charge is 0.325 e. The highest BCUT2D eigenvalue weighted by Gasteiger charge is 2.40. The third kappa shape index (κ3) is 5.98. The molecule has 0 aromatic rings. The van der Waals surface area contributed by atoms with E-state index in [4.69, 9.17) is 0 Å². The third-order valence-corrected chi connectivity index (χ3v) is 4.83. The first-order valence-electron chi connectivity index (χ1n) is 9.15. The summed E-state index contributed by atoms with van der Waals surface area (Å²) in [7, 11) is 0. The summed E-state index contributed by atoms with van der Waals surface area (Å²) in [6.45, 7) is 6.83. The fraction of sp³-hybridized carbons (Fsp3) is 0.889. The Balaban J connectivity index is 2.55. The fourth-order valence-electron chi connectivity index (χ4n) is 3.31. The highest BCUT2D eigenvalue weighted by atomic mass is 16.2. The Morgan fingerprint density at radius 1 is 0.909 bits per heavy atom. The monoisotopic (exact) mass is 310 g/mol. The molecule has 0 aliphatic carbocycles. The number of rotatable bonds is 12. The van der Waals surface area contributed by atoms with Crippen LogP contribution in [0.4, 0.5) is 4.79 Å². The van der Waals surface area contributed by atoms with Crippen LogP contribution in [0.5, 0.6) is 0 Å². The van der Waals surface area contributed by atoms with Gasteiger partial charge in [0.05, 0.1) is 0 Å². The number of unbranched alkanes of at least 4 members (excludes halogenated alkanes) is 7. The molecular formula is C18H34N2O2. The molecule has 0 bridgehead atoms. The number of carbonyl (C=O) groups excluding carboxylic acids is 2. The molecule has 1 aliphatic heterocycles. The van der Waals surface area contributed by atoms with Gasteiger partial charge in [-0.2, -0.15) is 0 Å². The fourth-order valence-corrected chi connectivity index (χ4v) is 3.31. The van der Waals surface area contributed by atoms with E-state index in [-0.39, 0.29) is 24.0 Å². The van der Waals surface area contributed by atoms with Crippen LogP contribution in [0, 0.1) is 0 Å². The van der Waals surface area contributed by atoms with Crippen molar-refractivity contribution < 1.29 is 9.59 Å². The minimum Gasteiger partial charge on any atom is -0.310 e. The predicted octanol–water partition coefficient (Wildman–Crippen LogP) is 4.63. The van der Waals surface area contributed by atoms with E-state index in [0.29, 0.717) is 0 Å². The van der Waals surface area contributed by atoms with Crippen molar-refractivity contribution in [1.29, 1.82) is 0 Å². The molecule has 1 fully saturated rings. The van der Waals surface area contributed by atoms with Gasteiger partial charge < -0.3 is 4.90 Å². The molecule has 1 N–H and O–H groups in total. The van der Waals surface area contributed by atoms with Gasteiger partial charge in [0.2, 0.25) is 5.91 Å². The molecule has 0 saturated carbocycles. The van der Waals surface area contributed by atoms with Gasteiger partial charge in [-0.3, -0.25) is 10.1 Å². The lowest BCUT2D eigenvalue weighted by molar-refractivity contribution is -0.118. The van der Waals surface area contributed by atoms with Crippen molar-refractivity contribution in [3.05, 3.63) is 0 Å². The van der Waals surface area contributed by atoms with Gasteiger partial charge >= 0.3 is 6.03 Å². The quantitative estimate of drug-likeness (QED) is 0.422. The van der Waals surface area contributed by atoms with Crippen molar-refractivity contribution in [3.8, 4) is 0 Å². The second kappa shape index (κ2) is 9.86. The average Bonchev–Trinajstić information content (AvgIpc) is 2.83. The van der Waals surface area contributed by atoms with Crippen LogP contribution in [0.15, 0.2) is 0 Å². The summed E-state index contributed by atoms with van der Waals surface area (Å²) < 4.78 is 0. The van der Waals surface area contributed by atoms with E-state index in [2.05, 4.69) is 26.1 Å².